The lowest BCUT2D eigenvalue weighted by atomic mass is 10.4. The Balaban J connectivity index is 2.47. The molecule has 0 unspecified atom stereocenters. The van der Waals surface area contributed by atoms with Crippen LogP contribution in [0.3, 0.4) is 0 Å². The van der Waals surface area contributed by atoms with Gasteiger partial charge in [0.05, 0.1) is 24.7 Å². The van der Waals surface area contributed by atoms with Crippen molar-refractivity contribution in [3.63, 3.8) is 0 Å². The highest BCUT2D eigenvalue weighted by atomic mass is 16.6. The quantitative estimate of drug-likeness (QED) is 0.378. The number of nitro groups is 1. The first-order valence-electron chi connectivity index (χ1n) is 6.77. The summed E-state index contributed by atoms with van der Waals surface area (Å²) in [7, 11) is 1.61. The molecule has 1 N–H and O–H groups in total. The molecule has 118 valence electrons. The van der Waals surface area contributed by atoms with E-state index in [0.29, 0.717) is 45.2 Å². The zero-order chi connectivity index (χ0) is 15.5. The molecule has 0 aliphatic carbocycles. The van der Waals surface area contributed by atoms with E-state index >= 15 is 0 Å². The Morgan fingerprint density at radius 2 is 2.10 bits per heavy atom. The molecule has 1 rings (SSSR count). The third kappa shape index (κ3) is 6.37. The molecule has 0 aliphatic rings. The summed E-state index contributed by atoms with van der Waals surface area (Å²) in [6.45, 7) is 4.46. The maximum atomic E-state index is 10.9. The number of aromatic nitrogens is 1. The van der Waals surface area contributed by atoms with Crippen LogP contribution in [0, 0.1) is 10.1 Å². The Kier molecular flexibility index (Phi) is 8.07. The van der Waals surface area contributed by atoms with Gasteiger partial charge >= 0.3 is 5.69 Å². The van der Waals surface area contributed by atoms with Crippen LogP contribution in [0.2, 0.25) is 0 Å². The Bertz CT molecular complexity index is 442. The molecule has 0 aliphatic heterocycles. The number of methoxy groups -OCH3 is 1. The van der Waals surface area contributed by atoms with E-state index in [9.17, 15) is 10.1 Å². The fourth-order valence-electron chi connectivity index (χ4n) is 1.53. The number of pyridine rings is 1. The number of hydrogen-bond acceptors (Lipinski definition) is 7. The molecule has 21 heavy (non-hydrogen) atoms. The molecule has 0 atom stereocenters. The zero-order valence-electron chi connectivity index (χ0n) is 12.3. The zero-order valence-corrected chi connectivity index (χ0v) is 12.3. The van der Waals surface area contributed by atoms with Crippen molar-refractivity contribution in [3.05, 3.63) is 22.2 Å². The minimum Gasteiger partial charge on any atom is -0.473 e. The first kappa shape index (κ1) is 17.1. The van der Waals surface area contributed by atoms with Crippen LogP contribution in [0.4, 0.5) is 11.5 Å². The van der Waals surface area contributed by atoms with Crippen molar-refractivity contribution in [3.8, 4) is 5.88 Å². The van der Waals surface area contributed by atoms with Crippen LogP contribution < -0.4 is 10.1 Å². The fourth-order valence-corrected chi connectivity index (χ4v) is 1.53. The van der Waals surface area contributed by atoms with Gasteiger partial charge in [-0.25, -0.2) is 0 Å². The number of rotatable bonds is 11. The number of anilines is 1. The topological polar surface area (TPSA) is 95.8 Å². The molecule has 0 radical (unpaired) electrons. The fraction of sp³-hybridized carbons (Fsp3) is 0.615. The summed E-state index contributed by atoms with van der Waals surface area (Å²) in [5, 5.41) is 13.9. The van der Waals surface area contributed by atoms with Crippen LogP contribution >= 0.6 is 0 Å². The van der Waals surface area contributed by atoms with E-state index in [1.54, 1.807) is 13.2 Å². The van der Waals surface area contributed by atoms with Gasteiger partial charge in [0.25, 0.3) is 5.88 Å². The highest BCUT2D eigenvalue weighted by molar-refractivity contribution is 5.48. The van der Waals surface area contributed by atoms with Gasteiger partial charge in [0.15, 0.2) is 0 Å². The summed E-state index contributed by atoms with van der Waals surface area (Å²) >= 11 is 0. The standard InChI is InChI=1S/C13H21N3O5/c1-3-14-12-6-5-11(16(17)18)13(15-12)21-8-4-7-20-10-9-19-2/h5-6H,3-4,7-10H2,1-2H3,(H,14,15). The Labute approximate surface area is 123 Å². The van der Waals surface area contributed by atoms with Crippen LogP contribution in [-0.4, -0.2) is 50.0 Å². The monoisotopic (exact) mass is 299 g/mol. The van der Waals surface area contributed by atoms with Crippen molar-refractivity contribution in [2.24, 2.45) is 0 Å². The first-order valence-corrected chi connectivity index (χ1v) is 6.77. The molecular weight excluding hydrogens is 278 g/mol. The van der Waals surface area contributed by atoms with Gasteiger partial charge in [-0.3, -0.25) is 10.1 Å². The van der Waals surface area contributed by atoms with Gasteiger partial charge in [-0.2, -0.15) is 4.98 Å². The molecule has 0 aromatic carbocycles. The van der Waals surface area contributed by atoms with Crippen molar-refractivity contribution in [2.75, 3.05) is 45.4 Å². The predicted octanol–water partition coefficient (Wildman–Crippen LogP) is 1.85. The van der Waals surface area contributed by atoms with E-state index < -0.39 is 4.92 Å². The van der Waals surface area contributed by atoms with E-state index in [1.165, 1.54) is 6.07 Å². The molecule has 1 aromatic rings. The van der Waals surface area contributed by atoms with Gasteiger partial charge < -0.3 is 19.5 Å². The number of ether oxygens (including phenoxy) is 3. The average molecular weight is 299 g/mol. The molecule has 1 aromatic heterocycles. The predicted molar refractivity (Wildman–Crippen MR) is 77.9 cm³/mol. The van der Waals surface area contributed by atoms with Gasteiger partial charge in [-0.1, -0.05) is 0 Å². The van der Waals surface area contributed by atoms with E-state index in [4.69, 9.17) is 14.2 Å². The van der Waals surface area contributed by atoms with Crippen molar-refractivity contribution in [1.29, 1.82) is 0 Å². The maximum absolute atomic E-state index is 10.9. The van der Waals surface area contributed by atoms with Gasteiger partial charge in [0.2, 0.25) is 0 Å². The van der Waals surface area contributed by atoms with Gasteiger partial charge in [-0.15, -0.1) is 0 Å². The van der Waals surface area contributed by atoms with Crippen molar-refractivity contribution in [2.45, 2.75) is 13.3 Å². The molecule has 8 heteroatoms. The number of nitrogens with one attached hydrogen (secondary N) is 1. The van der Waals surface area contributed by atoms with Gasteiger partial charge in [0.1, 0.15) is 5.82 Å². The average Bonchev–Trinajstić information content (AvgIpc) is 2.46. The van der Waals surface area contributed by atoms with Crippen molar-refractivity contribution in [1.82, 2.24) is 4.98 Å². The van der Waals surface area contributed by atoms with Crippen molar-refractivity contribution < 1.29 is 19.1 Å². The van der Waals surface area contributed by atoms with Crippen LogP contribution in [-0.2, 0) is 9.47 Å². The van der Waals surface area contributed by atoms with E-state index in [0.717, 1.165) is 0 Å². The second-order valence-electron chi connectivity index (χ2n) is 4.12. The first-order chi connectivity index (χ1) is 10.2. The lowest BCUT2D eigenvalue weighted by Gasteiger charge is -2.08. The Morgan fingerprint density at radius 1 is 1.29 bits per heavy atom. The van der Waals surface area contributed by atoms with E-state index in [2.05, 4.69) is 10.3 Å². The molecule has 0 fully saturated rings. The maximum Gasteiger partial charge on any atom is 0.331 e. The summed E-state index contributed by atoms with van der Waals surface area (Å²) in [5.74, 6) is 0.574. The van der Waals surface area contributed by atoms with Crippen LogP contribution in [0.15, 0.2) is 12.1 Å². The smallest absolute Gasteiger partial charge is 0.331 e. The molecule has 0 saturated carbocycles. The molecular formula is C13H21N3O5. The highest BCUT2D eigenvalue weighted by Gasteiger charge is 2.17. The summed E-state index contributed by atoms with van der Waals surface area (Å²) in [6, 6.07) is 2.94. The van der Waals surface area contributed by atoms with Gasteiger partial charge in [-0.05, 0) is 13.0 Å². The Morgan fingerprint density at radius 3 is 2.76 bits per heavy atom. The molecule has 1 heterocycles. The lowest BCUT2D eigenvalue weighted by Crippen LogP contribution is -2.09. The lowest BCUT2D eigenvalue weighted by molar-refractivity contribution is -0.386. The van der Waals surface area contributed by atoms with Crippen LogP contribution in [0.1, 0.15) is 13.3 Å². The summed E-state index contributed by atoms with van der Waals surface area (Å²) in [6.07, 6.45) is 0.619. The largest absolute Gasteiger partial charge is 0.473 e. The second kappa shape index (κ2) is 9.89. The van der Waals surface area contributed by atoms with Crippen LogP contribution in [0.25, 0.3) is 0 Å². The molecule has 0 amide bonds. The normalized spacial score (nSPS) is 10.4. The SMILES string of the molecule is CCNc1ccc([N+](=O)[O-])c(OCCCOCCOC)n1. The van der Waals surface area contributed by atoms with E-state index in [-0.39, 0.29) is 11.6 Å². The Hall–Kier alpha value is -1.93. The minimum atomic E-state index is -0.507. The second-order valence-corrected chi connectivity index (χ2v) is 4.12. The third-order valence-corrected chi connectivity index (χ3v) is 2.50. The molecule has 0 spiro atoms. The van der Waals surface area contributed by atoms with E-state index in [1.807, 2.05) is 6.92 Å². The molecule has 0 saturated heterocycles. The minimum absolute atomic E-state index is 0.0235. The summed E-state index contributed by atoms with van der Waals surface area (Å²) in [5.41, 5.74) is -0.142. The van der Waals surface area contributed by atoms with Crippen LogP contribution in [0.5, 0.6) is 5.88 Å². The summed E-state index contributed by atoms with van der Waals surface area (Å²) < 4.78 is 15.5. The third-order valence-electron chi connectivity index (χ3n) is 2.50. The highest BCUT2D eigenvalue weighted by Crippen LogP contribution is 2.26. The van der Waals surface area contributed by atoms with Crippen molar-refractivity contribution >= 4 is 11.5 Å². The number of hydrogen-bond donors (Lipinski definition) is 1. The summed E-state index contributed by atoms with van der Waals surface area (Å²) in [4.78, 5) is 14.5. The number of nitrogens with zero attached hydrogens (tertiary/aromatic N) is 2. The van der Waals surface area contributed by atoms with Gasteiger partial charge in [0, 0.05) is 32.7 Å². The molecule has 8 nitrogen and oxygen atoms in total. The molecule has 0 bridgehead atoms.